The van der Waals surface area contributed by atoms with Crippen LogP contribution in [0.25, 0.3) is 0 Å². The summed E-state index contributed by atoms with van der Waals surface area (Å²) in [7, 11) is 0. The molecule has 0 spiro atoms. The first-order valence-electron chi connectivity index (χ1n) is 5.09. The van der Waals surface area contributed by atoms with Crippen molar-refractivity contribution >= 4 is 6.41 Å². The third kappa shape index (κ3) is 6.89. The van der Waals surface area contributed by atoms with Gasteiger partial charge in [0.2, 0.25) is 6.41 Å². The average molecular weight is 200 g/mol. The van der Waals surface area contributed by atoms with E-state index < -0.39 is 0 Å². The van der Waals surface area contributed by atoms with Gasteiger partial charge in [0, 0.05) is 0 Å². The van der Waals surface area contributed by atoms with E-state index in [1.54, 1.807) is 0 Å². The molecule has 0 bridgehead atoms. The zero-order valence-electron chi connectivity index (χ0n) is 9.75. The standard InChI is InChI=1S/C11H22NO2/c1-6-7-10(2)8-12(9-13)14-11(3,4)5/h9-10H,1,6-8H2,2-5H3. The Morgan fingerprint density at radius 1 is 1.50 bits per heavy atom. The van der Waals surface area contributed by atoms with Gasteiger partial charge >= 0.3 is 0 Å². The summed E-state index contributed by atoms with van der Waals surface area (Å²) in [6, 6.07) is 0. The quantitative estimate of drug-likeness (QED) is 0.487. The molecule has 3 heteroatoms. The van der Waals surface area contributed by atoms with Gasteiger partial charge in [-0.15, -0.1) is 0 Å². The van der Waals surface area contributed by atoms with Crippen molar-refractivity contribution in [3.05, 3.63) is 6.92 Å². The first kappa shape index (κ1) is 13.4. The highest BCUT2D eigenvalue weighted by Crippen LogP contribution is 2.12. The molecule has 83 valence electrons. The van der Waals surface area contributed by atoms with Crippen LogP contribution in [0.2, 0.25) is 0 Å². The Morgan fingerprint density at radius 2 is 2.07 bits per heavy atom. The van der Waals surface area contributed by atoms with Crippen LogP contribution >= 0.6 is 0 Å². The smallest absolute Gasteiger partial charge is 0.233 e. The van der Waals surface area contributed by atoms with E-state index in [0.717, 1.165) is 19.3 Å². The number of nitrogens with zero attached hydrogens (tertiary/aromatic N) is 1. The van der Waals surface area contributed by atoms with Gasteiger partial charge in [0.05, 0.1) is 12.1 Å². The van der Waals surface area contributed by atoms with E-state index in [1.165, 1.54) is 5.06 Å². The average Bonchev–Trinajstić information content (AvgIpc) is 2.01. The van der Waals surface area contributed by atoms with Crippen molar-refractivity contribution in [3.63, 3.8) is 0 Å². The molecule has 0 saturated carbocycles. The molecule has 0 aliphatic carbocycles. The summed E-state index contributed by atoms with van der Waals surface area (Å²) in [5, 5.41) is 1.38. The van der Waals surface area contributed by atoms with Crippen LogP contribution in [0.5, 0.6) is 0 Å². The Labute approximate surface area is 87.4 Å². The summed E-state index contributed by atoms with van der Waals surface area (Å²) in [5.74, 6) is 0.431. The normalized spacial score (nSPS) is 13.8. The molecule has 1 amide bonds. The molecule has 1 unspecified atom stereocenters. The van der Waals surface area contributed by atoms with Crippen molar-refractivity contribution in [1.29, 1.82) is 0 Å². The van der Waals surface area contributed by atoms with E-state index in [2.05, 4.69) is 13.8 Å². The van der Waals surface area contributed by atoms with Crippen LogP contribution in [0.15, 0.2) is 0 Å². The highest BCUT2D eigenvalue weighted by atomic mass is 16.7. The van der Waals surface area contributed by atoms with Gasteiger partial charge in [0.15, 0.2) is 0 Å². The fraction of sp³-hybridized carbons (Fsp3) is 0.818. The van der Waals surface area contributed by atoms with Gasteiger partial charge < -0.3 is 0 Å². The Hall–Kier alpha value is -0.570. The topological polar surface area (TPSA) is 29.5 Å². The molecule has 0 aromatic heterocycles. The van der Waals surface area contributed by atoms with Gasteiger partial charge in [-0.3, -0.25) is 9.63 Å². The second-order valence-corrected chi connectivity index (χ2v) is 4.66. The summed E-state index contributed by atoms with van der Waals surface area (Å²) in [6.07, 6.45) is 2.64. The number of hydrogen-bond donors (Lipinski definition) is 0. The van der Waals surface area contributed by atoms with Crippen molar-refractivity contribution in [2.24, 2.45) is 5.92 Å². The second-order valence-electron chi connectivity index (χ2n) is 4.66. The van der Waals surface area contributed by atoms with E-state index in [1.807, 2.05) is 20.8 Å². The molecule has 0 aromatic rings. The van der Waals surface area contributed by atoms with E-state index in [0.29, 0.717) is 12.5 Å². The van der Waals surface area contributed by atoms with Crippen LogP contribution in [0.1, 0.15) is 40.5 Å². The minimum absolute atomic E-state index is 0.314. The molecule has 0 fully saturated rings. The molecule has 14 heavy (non-hydrogen) atoms. The minimum atomic E-state index is -0.314. The number of amides is 1. The lowest BCUT2D eigenvalue weighted by Crippen LogP contribution is -2.35. The molecule has 0 aliphatic rings. The summed E-state index contributed by atoms with van der Waals surface area (Å²) in [4.78, 5) is 16.2. The van der Waals surface area contributed by atoms with Crippen LogP contribution in [-0.2, 0) is 9.63 Å². The summed E-state index contributed by atoms with van der Waals surface area (Å²) in [5.41, 5.74) is -0.314. The molecular weight excluding hydrogens is 178 g/mol. The number of rotatable bonds is 6. The number of carbonyl (C=O) groups is 1. The summed E-state index contributed by atoms with van der Waals surface area (Å²) < 4.78 is 0. The Bertz CT molecular complexity index is 163. The van der Waals surface area contributed by atoms with Gasteiger partial charge in [-0.2, -0.15) is 0 Å². The van der Waals surface area contributed by atoms with Gasteiger partial charge in [-0.05, 0) is 33.1 Å². The molecule has 0 aliphatic heterocycles. The van der Waals surface area contributed by atoms with Gasteiger partial charge in [-0.1, -0.05) is 20.3 Å². The zero-order valence-corrected chi connectivity index (χ0v) is 9.75. The van der Waals surface area contributed by atoms with Crippen molar-refractivity contribution < 1.29 is 9.63 Å². The van der Waals surface area contributed by atoms with E-state index in [4.69, 9.17) is 4.84 Å². The second kappa shape index (κ2) is 6.02. The van der Waals surface area contributed by atoms with Crippen molar-refractivity contribution in [2.75, 3.05) is 6.54 Å². The van der Waals surface area contributed by atoms with Crippen LogP contribution in [0, 0.1) is 12.8 Å². The summed E-state index contributed by atoms with van der Waals surface area (Å²) >= 11 is 0. The lowest BCUT2D eigenvalue weighted by molar-refractivity contribution is -0.219. The molecule has 3 nitrogen and oxygen atoms in total. The van der Waals surface area contributed by atoms with Gasteiger partial charge in [-0.25, -0.2) is 5.06 Å². The van der Waals surface area contributed by atoms with Crippen molar-refractivity contribution in [1.82, 2.24) is 5.06 Å². The SMILES string of the molecule is [CH2]CCC(C)CN(C=O)OC(C)(C)C. The highest BCUT2D eigenvalue weighted by molar-refractivity contribution is 5.45. The van der Waals surface area contributed by atoms with Crippen molar-refractivity contribution in [2.45, 2.75) is 46.1 Å². The third-order valence-electron chi connectivity index (χ3n) is 1.70. The van der Waals surface area contributed by atoms with Gasteiger partial charge in [0.25, 0.3) is 0 Å². The Balaban J connectivity index is 3.96. The fourth-order valence-corrected chi connectivity index (χ4v) is 1.20. The molecule has 1 radical (unpaired) electrons. The maximum Gasteiger partial charge on any atom is 0.233 e. The van der Waals surface area contributed by atoms with E-state index in [9.17, 15) is 4.79 Å². The lowest BCUT2D eigenvalue weighted by Gasteiger charge is -2.28. The Kier molecular flexibility index (Phi) is 5.77. The fourth-order valence-electron chi connectivity index (χ4n) is 1.20. The molecule has 0 N–H and O–H groups in total. The predicted molar refractivity (Wildman–Crippen MR) is 57.4 cm³/mol. The largest absolute Gasteiger partial charge is 0.276 e. The molecular formula is C11H22NO2. The predicted octanol–water partition coefficient (Wildman–Crippen LogP) is 2.43. The monoisotopic (exact) mass is 200 g/mol. The maximum atomic E-state index is 10.7. The molecule has 0 aromatic carbocycles. The summed E-state index contributed by atoms with van der Waals surface area (Å²) in [6.45, 7) is 12.3. The van der Waals surface area contributed by atoms with E-state index >= 15 is 0 Å². The third-order valence-corrected chi connectivity index (χ3v) is 1.70. The molecule has 0 heterocycles. The van der Waals surface area contributed by atoms with Crippen molar-refractivity contribution in [3.8, 4) is 0 Å². The maximum absolute atomic E-state index is 10.7. The van der Waals surface area contributed by atoms with Crippen LogP contribution < -0.4 is 0 Å². The molecule has 0 saturated heterocycles. The van der Waals surface area contributed by atoms with Crippen LogP contribution in [0.4, 0.5) is 0 Å². The van der Waals surface area contributed by atoms with Crippen LogP contribution in [0.3, 0.4) is 0 Å². The van der Waals surface area contributed by atoms with Crippen LogP contribution in [-0.4, -0.2) is 23.6 Å². The molecule has 1 atom stereocenters. The first-order chi connectivity index (χ1) is 6.39. The zero-order chi connectivity index (χ0) is 11.2. The van der Waals surface area contributed by atoms with E-state index in [-0.39, 0.29) is 5.60 Å². The lowest BCUT2D eigenvalue weighted by atomic mass is 10.1. The molecule has 0 rings (SSSR count). The number of hydrogen-bond acceptors (Lipinski definition) is 2. The number of hydroxylamine groups is 2. The van der Waals surface area contributed by atoms with Gasteiger partial charge in [0.1, 0.15) is 0 Å². The first-order valence-corrected chi connectivity index (χ1v) is 5.09. The minimum Gasteiger partial charge on any atom is -0.276 e. The Morgan fingerprint density at radius 3 is 2.43 bits per heavy atom. The number of carbonyl (C=O) groups excluding carboxylic acids is 1. The highest BCUT2D eigenvalue weighted by Gasteiger charge is 2.17.